The predicted molar refractivity (Wildman–Crippen MR) is 84.3 cm³/mol. The average Bonchev–Trinajstić information content (AvgIpc) is 2.86. The van der Waals surface area contributed by atoms with Crippen molar-refractivity contribution in [1.82, 2.24) is 5.16 Å². The van der Waals surface area contributed by atoms with Crippen LogP contribution in [0.4, 0.5) is 20.2 Å². The normalized spacial score (nSPS) is 13.0. The van der Waals surface area contributed by atoms with Crippen LogP contribution in [0.2, 0.25) is 0 Å². The van der Waals surface area contributed by atoms with E-state index in [2.05, 4.69) is 10.5 Å². The number of sulfone groups is 1. The minimum Gasteiger partial charge on any atom is -0.373 e. The summed E-state index contributed by atoms with van der Waals surface area (Å²) in [6, 6.07) is 2.16. The lowest BCUT2D eigenvalue weighted by Gasteiger charge is -2.15. The minimum absolute atomic E-state index is 0.00860. The van der Waals surface area contributed by atoms with Gasteiger partial charge in [0, 0.05) is 11.6 Å². The Hall–Kier alpha value is -2.56. The van der Waals surface area contributed by atoms with Crippen LogP contribution in [-0.2, 0) is 9.84 Å². The first-order valence-electron chi connectivity index (χ1n) is 7.05. The Morgan fingerprint density at radius 1 is 1.32 bits per heavy atom. The first kappa shape index (κ1) is 18.8. The molecule has 1 aromatic heterocycles. The van der Waals surface area contributed by atoms with Gasteiger partial charge in [-0.3, -0.25) is 10.1 Å². The van der Waals surface area contributed by atoms with Crippen molar-refractivity contribution in [3.05, 3.63) is 45.3 Å². The van der Waals surface area contributed by atoms with Gasteiger partial charge in [-0.1, -0.05) is 5.16 Å². The highest BCUT2D eigenvalue weighted by molar-refractivity contribution is 7.91. The maximum atomic E-state index is 12.6. The lowest BCUT2D eigenvalue weighted by atomic mass is 10.1. The number of rotatable bonds is 6. The third-order valence-corrected chi connectivity index (χ3v) is 5.00. The third-order valence-electron chi connectivity index (χ3n) is 3.62. The molecule has 1 atom stereocenters. The second-order valence-corrected chi connectivity index (χ2v) is 7.26. The van der Waals surface area contributed by atoms with Gasteiger partial charge in [-0.25, -0.2) is 8.42 Å². The van der Waals surface area contributed by atoms with Crippen molar-refractivity contribution in [2.75, 3.05) is 5.32 Å². The lowest BCUT2D eigenvalue weighted by Crippen LogP contribution is -2.13. The van der Waals surface area contributed by atoms with E-state index < -0.39 is 37.1 Å². The molecular formula is C14H15F2N3O5S. The number of nitrogens with zero attached hydrogens (tertiary/aromatic N) is 2. The predicted octanol–water partition coefficient (Wildman–Crippen LogP) is 3.37. The van der Waals surface area contributed by atoms with E-state index in [1.807, 2.05) is 0 Å². The summed E-state index contributed by atoms with van der Waals surface area (Å²) >= 11 is 0. The SMILES string of the molecule is Cc1noc(C)c1C(C)Nc1ccc(S(=O)(=O)C(F)F)cc1[N+](=O)[O-]. The van der Waals surface area contributed by atoms with E-state index in [0.29, 0.717) is 23.1 Å². The Morgan fingerprint density at radius 2 is 1.96 bits per heavy atom. The molecule has 1 aromatic carbocycles. The van der Waals surface area contributed by atoms with E-state index in [4.69, 9.17) is 4.52 Å². The molecule has 0 amide bonds. The molecule has 2 aromatic rings. The molecule has 136 valence electrons. The summed E-state index contributed by atoms with van der Waals surface area (Å²) in [5, 5.41) is 17.9. The van der Waals surface area contributed by atoms with Crippen molar-refractivity contribution < 1.29 is 26.6 Å². The molecule has 0 aliphatic carbocycles. The van der Waals surface area contributed by atoms with Crippen molar-refractivity contribution >= 4 is 21.2 Å². The number of alkyl halides is 2. The number of halogens is 2. The van der Waals surface area contributed by atoms with Gasteiger partial charge in [-0.15, -0.1) is 0 Å². The summed E-state index contributed by atoms with van der Waals surface area (Å²) in [5.41, 5.74) is 0.654. The minimum atomic E-state index is -4.93. The monoisotopic (exact) mass is 375 g/mol. The molecule has 0 aliphatic heterocycles. The van der Waals surface area contributed by atoms with Gasteiger partial charge in [0.1, 0.15) is 11.4 Å². The van der Waals surface area contributed by atoms with Gasteiger partial charge < -0.3 is 9.84 Å². The van der Waals surface area contributed by atoms with Crippen LogP contribution in [0.15, 0.2) is 27.6 Å². The van der Waals surface area contributed by atoms with Gasteiger partial charge in [-0.05, 0) is 32.9 Å². The maximum absolute atomic E-state index is 12.6. The Kier molecular flexibility index (Phi) is 5.07. The highest BCUT2D eigenvalue weighted by atomic mass is 32.2. The van der Waals surface area contributed by atoms with Gasteiger partial charge in [0.05, 0.1) is 21.6 Å². The van der Waals surface area contributed by atoms with Crippen molar-refractivity contribution in [3.63, 3.8) is 0 Å². The van der Waals surface area contributed by atoms with E-state index in [1.165, 1.54) is 0 Å². The van der Waals surface area contributed by atoms with E-state index in [-0.39, 0.29) is 5.69 Å². The second kappa shape index (κ2) is 6.75. The van der Waals surface area contributed by atoms with E-state index in [9.17, 15) is 27.3 Å². The number of aryl methyl sites for hydroxylation is 2. The van der Waals surface area contributed by atoms with Crippen LogP contribution >= 0.6 is 0 Å². The van der Waals surface area contributed by atoms with Gasteiger partial charge in [0.25, 0.3) is 5.69 Å². The molecule has 0 bridgehead atoms. The topological polar surface area (TPSA) is 115 Å². The van der Waals surface area contributed by atoms with Crippen LogP contribution in [0.3, 0.4) is 0 Å². The molecule has 11 heteroatoms. The summed E-state index contributed by atoms with van der Waals surface area (Å²) in [6.07, 6.45) is 0. The third kappa shape index (κ3) is 3.60. The molecule has 0 saturated carbocycles. The van der Waals surface area contributed by atoms with Crippen LogP contribution < -0.4 is 5.32 Å². The van der Waals surface area contributed by atoms with E-state index >= 15 is 0 Å². The van der Waals surface area contributed by atoms with Crippen molar-refractivity contribution in [2.24, 2.45) is 0 Å². The molecule has 8 nitrogen and oxygen atoms in total. The first-order chi connectivity index (χ1) is 11.6. The quantitative estimate of drug-likeness (QED) is 0.608. The number of benzene rings is 1. The zero-order chi connectivity index (χ0) is 18.9. The largest absolute Gasteiger partial charge is 0.373 e. The first-order valence-corrected chi connectivity index (χ1v) is 8.60. The molecule has 1 unspecified atom stereocenters. The standard InChI is InChI=1S/C14H15F2N3O5S/c1-7(13-8(2)18-24-9(13)3)17-11-5-4-10(6-12(11)19(20)21)25(22,23)14(15)16/h4-7,14,17H,1-3H3. The molecule has 25 heavy (non-hydrogen) atoms. The number of nitrogens with one attached hydrogen (secondary N) is 1. The van der Waals surface area contributed by atoms with Crippen LogP contribution in [-0.4, -0.2) is 24.3 Å². The number of anilines is 1. The summed E-state index contributed by atoms with van der Waals surface area (Å²) < 4.78 is 53.3. The second-order valence-electron chi connectivity index (χ2n) is 5.35. The number of hydrogen-bond donors (Lipinski definition) is 1. The summed E-state index contributed by atoms with van der Waals surface area (Å²) in [5.74, 6) is -3.14. The van der Waals surface area contributed by atoms with Crippen LogP contribution in [0.5, 0.6) is 0 Å². The van der Waals surface area contributed by atoms with E-state index in [1.54, 1.807) is 20.8 Å². The molecule has 0 fully saturated rings. The molecule has 0 saturated heterocycles. The number of nitro benzene ring substituents is 1. The van der Waals surface area contributed by atoms with Crippen molar-refractivity contribution in [2.45, 2.75) is 37.5 Å². The molecule has 1 heterocycles. The lowest BCUT2D eigenvalue weighted by molar-refractivity contribution is -0.384. The zero-order valence-corrected chi connectivity index (χ0v) is 14.3. The number of aromatic nitrogens is 1. The van der Waals surface area contributed by atoms with Crippen LogP contribution in [0.1, 0.15) is 30.0 Å². The molecular weight excluding hydrogens is 360 g/mol. The summed E-state index contributed by atoms with van der Waals surface area (Å²) in [4.78, 5) is 9.57. The number of hydrogen-bond acceptors (Lipinski definition) is 7. The number of nitro groups is 1. The summed E-state index contributed by atoms with van der Waals surface area (Å²) in [7, 11) is -4.93. The average molecular weight is 375 g/mol. The van der Waals surface area contributed by atoms with E-state index in [0.717, 1.165) is 12.1 Å². The fourth-order valence-corrected chi connectivity index (χ4v) is 3.22. The fraction of sp³-hybridized carbons (Fsp3) is 0.357. The Bertz CT molecular complexity index is 892. The van der Waals surface area contributed by atoms with Gasteiger partial charge in [0.2, 0.25) is 9.84 Å². The maximum Gasteiger partial charge on any atom is 0.341 e. The molecule has 0 radical (unpaired) electrons. The zero-order valence-electron chi connectivity index (χ0n) is 13.5. The Labute approximate surface area is 141 Å². The molecule has 1 N–H and O–H groups in total. The smallest absolute Gasteiger partial charge is 0.341 e. The van der Waals surface area contributed by atoms with Crippen LogP contribution in [0.25, 0.3) is 0 Å². The van der Waals surface area contributed by atoms with Gasteiger partial charge in [-0.2, -0.15) is 8.78 Å². The van der Waals surface area contributed by atoms with Crippen LogP contribution in [0, 0.1) is 24.0 Å². The Morgan fingerprint density at radius 3 is 2.44 bits per heavy atom. The highest BCUT2D eigenvalue weighted by Gasteiger charge is 2.30. The van der Waals surface area contributed by atoms with Crippen molar-refractivity contribution in [3.8, 4) is 0 Å². The molecule has 0 spiro atoms. The summed E-state index contributed by atoms with van der Waals surface area (Å²) in [6.45, 7) is 5.09. The van der Waals surface area contributed by atoms with Gasteiger partial charge >= 0.3 is 5.76 Å². The highest BCUT2D eigenvalue weighted by Crippen LogP contribution is 2.33. The molecule has 2 rings (SSSR count). The van der Waals surface area contributed by atoms with Gasteiger partial charge in [0.15, 0.2) is 0 Å². The van der Waals surface area contributed by atoms with Crippen molar-refractivity contribution in [1.29, 1.82) is 0 Å². The Balaban J connectivity index is 2.44. The molecule has 0 aliphatic rings. The fourth-order valence-electron chi connectivity index (χ4n) is 2.48.